The Bertz CT molecular complexity index is 1050. The van der Waals surface area contributed by atoms with Crippen LogP contribution >= 0.6 is 23.2 Å². The van der Waals surface area contributed by atoms with E-state index >= 15 is 0 Å². The highest BCUT2D eigenvalue weighted by Gasteiger charge is 2.14. The van der Waals surface area contributed by atoms with E-state index in [9.17, 15) is 0 Å². The molecule has 0 saturated carbocycles. The minimum Gasteiger partial charge on any atom is -0.439 e. The molecule has 0 atom stereocenters. The zero-order valence-electron chi connectivity index (χ0n) is 13.2. The van der Waals surface area contributed by atoms with Crippen molar-refractivity contribution in [3.05, 3.63) is 70.7 Å². The lowest BCUT2D eigenvalue weighted by Gasteiger charge is -1.98. The van der Waals surface area contributed by atoms with E-state index in [2.05, 4.69) is 15.1 Å². The number of hydrogen-bond donors (Lipinski definition) is 0. The molecule has 0 radical (unpaired) electrons. The summed E-state index contributed by atoms with van der Waals surface area (Å²) in [6.45, 7) is 0.0464. The van der Waals surface area contributed by atoms with E-state index in [1.54, 1.807) is 30.5 Å². The molecule has 2 aromatic carbocycles. The highest BCUT2D eigenvalue weighted by Crippen LogP contribution is 2.27. The van der Waals surface area contributed by atoms with Gasteiger partial charge in [0.15, 0.2) is 12.4 Å². The molecule has 0 aliphatic carbocycles. The third kappa shape index (κ3) is 3.56. The van der Waals surface area contributed by atoms with Crippen molar-refractivity contribution in [2.24, 2.45) is 0 Å². The van der Waals surface area contributed by atoms with Crippen LogP contribution in [0.25, 0.3) is 22.7 Å². The number of hydrogen-bond acceptors (Lipinski definition) is 6. The van der Waals surface area contributed by atoms with Crippen LogP contribution in [0.4, 0.5) is 0 Å². The van der Waals surface area contributed by atoms with Crippen LogP contribution in [0.15, 0.2) is 63.7 Å². The van der Waals surface area contributed by atoms with Crippen LogP contribution in [-0.4, -0.2) is 15.1 Å². The molecule has 0 N–H and O–H groups in total. The van der Waals surface area contributed by atoms with E-state index in [0.29, 0.717) is 33.1 Å². The molecule has 2 aromatic heterocycles. The second kappa shape index (κ2) is 7.19. The van der Waals surface area contributed by atoms with Crippen LogP contribution < -0.4 is 4.74 Å². The predicted octanol–water partition coefficient (Wildman–Crippen LogP) is 5.28. The van der Waals surface area contributed by atoms with Gasteiger partial charge in [0.05, 0.1) is 11.2 Å². The van der Waals surface area contributed by atoms with Gasteiger partial charge in [0.25, 0.3) is 0 Å². The Morgan fingerprint density at radius 1 is 1.04 bits per heavy atom. The average molecular weight is 388 g/mol. The molecule has 0 unspecified atom stereocenters. The molecule has 0 spiro atoms. The maximum absolute atomic E-state index is 6.12. The molecule has 0 saturated heterocycles. The Hall–Kier alpha value is -2.83. The molecular weight excluding hydrogens is 377 g/mol. The van der Waals surface area contributed by atoms with E-state index in [0.717, 1.165) is 5.56 Å². The van der Waals surface area contributed by atoms with Crippen LogP contribution in [0.2, 0.25) is 10.0 Å². The van der Waals surface area contributed by atoms with Crippen LogP contribution in [-0.2, 0) is 6.61 Å². The van der Waals surface area contributed by atoms with Gasteiger partial charge in [-0.05, 0) is 24.3 Å². The van der Waals surface area contributed by atoms with E-state index in [-0.39, 0.29) is 12.7 Å². The van der Waals surface area contributed by atoms with Gasteiger partial charge in [-0.25, -0.2) is 4.98 Å². The minimum atomic E-state index is 0.00225. The van der Waals surface area contributed by atoms with Gasteiger partial charge in [-0.2, -0.15) is 4.98 Å². The Morgan fingerprint density at radius 3 is 2.77 bits per heavy atom. The molecule has 4 rings (SSSR count). The van der Waals surface area contributed by atoms with Gasteiger partial charge < -0.3 is 9.15 Å². The van der Waals surface area contributed by atoms with Crippen molar-refractivity contribution in [1.82, 2.24) is 15.1 Å². The molecular formula is C18H11Cl2N3O3. The summed E-state index contributed by atoms with van der Waals surface area (Å²) >= 11 is 12.1. The molecule has 6 nitrogen and oxygen atoms in total. The van der Waals surface area contributed by atoms with E-state index in [1.165, 1.54) is 0 Å². The molecule has 26 heavy (non-hydrogen) atoms. The molecule has 0 aliphatic rings. The van der Waals surface area contributed by atoms with Gasteiger partial charge in [-0.3, -0.25) is 4.52 Å². The van der Waals surface area contributed by atoms with Gasteiger partial charge >= 0.3 is 6.08 Å². The Morgan fingerprint density at radius 2 is 1.92 bits per heavy atom. The normalized spacial score (nSPS) is 10.8. The van der Waals surface area contributed by atoms with Gasteiger partial charge in [-0.1, -0.05) is 52.6 Å². The average Bonchev–Trinajstić information content (AvgIpc) is 3.30. The number of benzene rings is 2. The molecule has 0 aliphatic heterocycles. The SMILES string of the molecule is Clc1cccc(-c2cnc(COc3nc(-c4ccccc4Cl)no3)o2)c1. The standard InChI is InChI=1S/C18H11Cl2N3O3/c19-12-5-3-4-11(8-12)15-9-21-16(25-15)10-24-18-22-17(23-26-18)13-6-1-2-7-14(13)20/h1-9H,10H2. The summed E-state index contributed by atoms with van der Waals surface area (Å²) in [6.07, 6.45) is 1.61. The lowest BCUT2D eigenvalue weighted by atomic mass is 10.2. The number of halogens is 2. The van der Waals surface area contributed by atoms with Crippen molar-refractivity contribution in [3.63, 3.8) is 0 Å². The largest absolute Gasteiger partial charge is 0.439 e. The smallest absolute Gasteiger partial charge is 0.418 e. The second-order valence-electron chi connectivity index (χ2n) is 5.28. The van der Waals surface area contributed by atoms with Crippen molar-refractivity contribution < 1.29 is 13.7 Å². The van der Waals surface area contributed by atoms with Crippen LogP contribution in [0.1, 0.15) is 5.89 Å². The molecule has 2 heterocycles. The summed E-state index contributed by atoms with van der Waals surface area (Å²) in [5, 5.41) is 5.01. The third-order valence-corrected chi connectivity index (χ3v) is 4.07. The van der Waals surface area contributed by atoms with Gasteiger partial charge in [0.1, 0.15) is 0 Å². The molecule has 0 amide bonds. The lowest BCUT2D eigenvalue weighted by Crippen LogP contribution is -1.95. The molecule has 0 fully saturated rings. The fraction of sp³-hybridized carbons (Fsp3) is 0.0556. The van der Waals surface area contributed by atoms with Crippen LogP contribution in [0.3, 0.4) is 0 Å². The predicted molar refractivity (Wildman–Crippen MR) is 96.0 cm³/mol. The van der Waals surface area contributed by atoms with Gasteiger partial charge in [0.2, 0.25) is 11.7 Å². The summed E-state index contributed by atoms with van der Waals surface area (Å²) in [4.78, 5) is 8.33. The van der Waals surface area contributed by atoms with Crippen molar-refractivity contribution in [2.45, 2.75) is 6.61 Å². The number of rotatable bonds is 5. The van der Waals surface area contributed by atoms with Crippen LogP contribution in [0, 0.1) is 0 Å². The summed E-state index contributed by atoms with van der Waals surface area (Å²) < 4.78 is 16.2. The highest BCUT2D eigenvalue weighted by atomic mass is 35.5. The second-order valence-corrected chi connectivity index (χ2v) is 6.12. The zero-order chi connectivity index (χ0) is 17.9. The van der Waals surface area contributed by atoms with E-state index in [4.69, 9.17) is 36.9 Å². The van der Waals surface area contributed by atoms with Crippen molar-refractivity contribution in [2.75, 3.05) is 0 Å². The number of nitrogens with zero attached hydrogens (tertiary/aromatic N) is 3. The number of ether oxygens (including phenoxy) is 1. The quantitative estimate of drug-likeness (QED) is 0.463. The summed E-state index contributed by atoms with van der Waals surface area (Å²) in [6, 6.07) is 14.5. The maximum atomic E-state index is 6.12. The first-order chi connectivity index (χ1) is 12.7. The summed E-state index contributed by atoms with van der Waals surface area (Å²) in [5.41, 5.74) is 1.49. The first-order valence-electron chi connectivity index (χ1n) is 7.61. The molecule has 0 bridgehead atoms. The topological polar surface area (TPSA) is 74.2 Å². The van der Waals surface area contributed by atoms with Crippen molar-refractivity contribution >= 4 is 23.2 Å². The van der Waals surface area contributed by atoms with Crippen molar-refractivity contribution in [1.29, 1.82) is 0 Å². The maximum Gasteiger partial charge on any atom is 0.418 e. The van der Waals surface area contributed by atoms with E-state index in [1.807, 2.05) is 24.3 Å². The number of oxazole rings is 1. The Kier molecular flexibility index (Phi) is 4.60. The summed E-state index contributed by atoms with van der Waals surface area (Å²) in [7, 11) is 0. The van der Waals surface area contributed by atoms with Crippen molar-refractivity contribution in [3.8, 4) is 28.8 Å². The minimum absolute atomic E-state index is 0.00225. The first kappa shape index (κ1) is 16.6. The molecule has 8 heteroatoms. The Balaban J connectivity index is 1.45. The fourth-order valence-electron chi connectivity index (χ4n) is 2.30. The van der Waals surface area contributed by atoms with E-state index < -0.39 is 0 Å². The lowest BCUT2D eigenvalue weighted by molar-refractivity contribution is 0.177. The highest BCUT2D eigenvalue weighted by molar-refractivity contribution is 6.33. The zero-order valence-corrected chi connectivity index (χ0v) is 14.7. The number of aromatic nitrogens is 3. The van der Waals surface area contributed by atoms with Gasteiger partial charge in [0, 0.05) is 16.1 Å². The Labute approximate surface area is 158 Å². The van der Waals surface area contributed by atoms with Crippen LogP contribution in [0.5, 0.6) is 6.08 Å². The third-order valence-electron chi connectivity index (χ3n) is 3.50. The molecule has 130 valence electrons. The molecule has 4 aromatic rings. The first-order valence-corrected chi connectivity index (χ1v) is 8.37. The fourth-order valence-corrected chi connectivity index (χ4v) is 2.71. The van der Waals surface area contributed by atoms with Gasteiger partial charge in [-0.15, -0.1) is 0 Å². The summed E-state index contributed by atoms with van der Waals surface area (Å²) in [5.74, 6) is 1.31. The monoisotopic (exact) mass is 387 g/mol.